The molecule has 1 aromatic carbocycles. The lowest BCUT2D eigenvalue weighted by atomic mass is 10.3. The highest BCUT2D eigenvalue weighted by molar-refractivity contribution is 7.79. The molecule has 0 fully saturated rings. The van der Waals surface area contributed by atoms with Crippen molar-refractivity contribution in [2.45, 2.75) is 4.90 Å². The normalized spacial score (nSPS) is 14.7. The third-order valence-corrected chi connectivity index (χ3v) is 3.86. The minimum Gasteiger partial charge on any atom is -0.320 e. The maximum absolute atomic E-state index is 10.9. The van der Waals surface area contributed by atoms with E-state index in [1.54, 1.807) is 18.2 Å². The number of aryl methyl sites for hydroxylation is 1. The zero-order valence-electron chi connectivity index (χ0n) is 7.88. The molecule has 0 saturated carbocycles. The molecule has 1 atom stereocenters. The molecule has 0 bridgehead atoms. The number of hydrogen-bond acceptors (Lipinski definition) is 4. The summed E-state index contributed by atoms with van der Waals surface area (Å²) in [7, 11) is 1.85. The van der Waals surface area contributed by atoms with Crippen LogP contribution in [0.1, 0.15) is 0 Å². The van der Waals surface area contributed by atoms with E-state index < -0.39 is 11.1 Å². The van der Waals surface area contributed by atoms with E-state index in [0.717, 1.165) is 10.2 Å². The first kappa shape index (κ1) is 10.3. The van der Waals surface area contributed by atoms with Crippen molar-refractivity contribution in [3.63, 3.8) is 0 Å². The van der Waals surface area contributed by atoms with Gasteiger partial charge < -0.3 is 15.0 Å². The Hall–Kier alpha value is -1.18. The van der Waals surface area contributed by atoms with Gasteiger partial charge in [0.1, 0.15) is 0 Å². The lowest BCUT2D eigenvalue weighted by Gasteiger charge is -1.96. The Morgan fingerprint density at radius 2 is 2.33 bits per heavy atom. The molecule has 0 aliphatic heterocycles. The van der Waals surface area contributed by atoms with Crippen molar-refractivity contribution in [2.75, 3.05) is 0 Å². The molecule has 0 amide bonds. The first-order valence-electron chi connectivity index (χ1n) is 4.08. The lowest BCUT2D eigenvalue weighted by molar-refractivity contribution is 0.564. The summed E-state index contributed by atoms with van der Waals surface area (Å²) in [5, 5.41) is 3.62. The number of benzene rings is 1. The van der Waals surface area contributed by atoms with E-state index in [0.29, 0.717) is 9.70 Å². The van der Waals surface area contributed by atoms with E-state index in [4.69, 9.17) is 10.4 Å². The van der Waals surface area contributed by atoms with Crippen molar-refractivity contribution in [3.05, 3.63) is 23.0 Å². The number of thiazole rings is 1. The molecule has 1 heterocycles. The van der Waals surface area contributed by atoms with E-state index >= 15 is 0 Å². The Kier molecular flexibility index (Phi) is 2.59. The number of rotatable bonds is 1. The Labute approximate surface area is 92.1 Å². The molecule has 1 aromatic heterocycles. The summed E-state index contributed by atoms with van der Waals surface area (Å²) in [6.45, 7) is 0. The largest absolute Gasteiger partial charge is 0.320 e. The van der Waals surface area contributed by atoms with Gasteiger partial charge in [-0.05, 0) is 18.2 Å². The van der Waals surface area contributed by atoms with Gasteiger partial charge in [0.2, 0.25) is 4.80 Å². The van der Waals surface area contributed by atoms with Crippen LogP contribution in [0.4, 0.5) is 0 Å². The molecule has 0 aliphatic rings. The van der Waals surface area contributed by atoms with Gasteiger partial charge in [0.05, 0.1) is 15.1 Å². The standard InChI is InChI=1S/C8H9N3O2S2/c1-11-6-3-2-5(15(12)13)4-7(6)14-8(11)10-9/h2-4H,9H2,1H3,(H,12,13). The summed E-state index contributed by atoms with van der Waals surface area (Å²) in [4.78, 5) is 1.05. The second kappa shape index (κ2) is 3.76. The summed E-state index contributed by atoms with van der Waals surface area (Å²) >= 11 is -0.568. The van der Waals surface area contributed by atoms with Crippen LogP contribution >= 0.6 is 11.3 Å². The van der Waals surface area contributed by atoms with Crippen LogP contribution in [0, 0.1) is 0 Å². The van der Waals surface area contributed by atoms with Gasteiger partial charge in [-0.1, -0.05) is 11.3 Å². The van der Waals surface area contributed by atoms with Gasteiger partial charge in [-0.3, -0.25) is 0 Å². The molecule has 0 radical (unpaired) electrons. The van der Waals surface area contributed by atoms with Crippen LogP contribution in [-0.4, -0.2) is 13.3 Å². The molecular weight excluding hydrogens is 234 g/mol. The maximum atomic E-state index is 10.9. The Morgan fingerprint density at radius 3 is 2.93 bits per heavy atom. The predicted octanol–water partition coefficient (Wildman–Crippen LogP) is 0.595. The van der Waals surface area contributed by atoms with E-state index in [1.165, 1.54) is 11.3 Å². The lowest BCUT2D eigenvalue weighted by Crippen LogP contribution is -2.12. The van der Waals surface area contributed by atoms with Crippen molar-refractivity contribution < 1.29 is 8.76 Å². The average molecular weight is 243 g/mol. The fraction of sp³-hybridized carbons (Fsp3) is 0.125. The highest BCUT2D eigenvalue weighted by atomic mass is 32.2. The van der Waals surface area contributed by atoms with Crippen LogP contribution in [0.25, 0.3) is 10.2 Å². The van der Waals surface area contributed by atoms with Crippen molar-refractivity contribution in [3.8, 4) is 0 Å². The van der Waals surface area contributed by atoms with E-state index in [1.807, 2.05) is 11.6 Å². The summed E-state index contributed by atoms with van der Waals surface area (Å²) in [6, 6.07) is 5.07. The summed E-state index contributed by atoms with van der Waals surface area (Å²) in [5.74, 6) is 5.22. The number of nitrogens with two attached hydrogens (primary N) is 1. The van der Waals surface area contributed by atoms with E-state index in [2.05, 4.69) is 5.10 Å². The molecule has 3 N–H and O–H groups in total. The number of fused-ring (bicyclic) bond motifs is 1. The predicted molar refractivity (Wildman–Crippen MR) is 59.6 cm³/mol. The van der Waals surface area contributed by atoms with Crippen molar-refractivity contribution in [1.82, 2.24) is 4.57 Å². The molecule has 2 rings (SSSR count). The summed E-state index contributed by atoms with van der Waals surface area (Å²) < 4.78 is 22.5. The molecule has 7 heteroatoms. The molecule has 80 valence electrons. The van der Waals surface area contributed by atoms with Crippen LogP contribution in [-0.2, 0) is 18.1 Å². The monoisotopic (exact) mass is 243 g/mol. The molecule has 0 spiro atoms. The molecule has 1 unspecified atom stereocenters. The first-order chi connectivity index (χ1) is 7.13. The zero-order chi connectivity index (χ0) is 11.0. The van der Waals surface area contributed by atoms with Crippen LogP contribution in [0.3, 0.4) is 0 Å². The minimum atomic E-state index is -1.95. The molecule has 5 nitrogen and oxygen atoms in total. The van der Waals surface area contributed by atoms with Gasteiger partial charge >= 0.3 is 0 Å². The average Bonchev–Trinajstić information content (AvgIpc) is 2.55. The molecule has 0 aliphatic carbocycles. The van der Waals surface area contributed by atoms with Gasteiger partial charge in [0.25, 0.3) is 0 Å². The van der Waals surface area contributed by atoms with Gasteiger partial charge in [-0.15, -0.1) is 0 Å². The molecule has 0 saturated heterocycles. The van der Waals surface area contributed by atoms with Crippen molar-refractivity contribution in [2.24, 2.45) is 18.0 Å². The van der Waals surface area contributed by atoms with Gasteiger partial charge in [0.15, 0.2) is 11.1 Å². The summed E-state index contributed by atoms with van der Waals surface area (Å²) in [6.07, 6.45) is 0. The van der Waals surface area contributed by atoms with Crippen LogP contribution in [0.2, 0.25) is 0 Å². The second-order valence-corrected chi connectivity index (χ2v) is 4.93. The second-order valence-electron chi connectivity index (χ2n) is 2.95. The van der Waals surface area contributed by atoms with Gasteiger partial charge in [-0.25, -0.2) is 4.21 Å². The number of nitrogens with zero attached hydrogens (tertiary/aromatic N) is 2. The quantitative estimate of drug-likeness (QED) is 0.437. The maximum Gasteiger partial charge on any atom is 0.208 e. The third-order valence-electron chi connectivity index (χ3n) is 2.09. The molecular formula is C8H9N3O2S2. The van der Waals surface area contributed by atoms with Gasteiger partial charge in [0, 0.05) is 7.05 Å². The smallest absolute Gasteiger partial charge is 0.208 e. The van der Waals surface area contributed by atoms with Crippen LogP contribution in [0.15, 0.2) is 28.2 Å². The Balaban J connectivity index is 2.79. The zero-order valence-corrected chi connectivity index (χ0v) is 9.51. The van der Waals surface area contributed by atoms with Crippen LogP contribution in [0.5, 0.6) is 0 Å². The molecule has 2 aromatic rings. The highest BCUT2D eigenvalue weighted by Crippen LogP contribution is 2.19. The Morgan fingerprint density at radius 1 is 1.60 bits per heavy atom. The number of hydrogen-bond donors (Lipinski definition) is 2. The fourth-order valence-electron chi connectivity index (χ4n) is 1.34. The minimum absolute atomic E-state index is 0.382. The topological polar surface area (TPSA) is 80.6 Å². The first-order valence-corrected chi connectivity index (χ1v) is 6.00. The van der Waals surface area contributed by atoms with Crippen molar-refractivity contribution >= 4 is 32.6 Å². The highest BCUT2D eigenvalue weighted by Gasteiger charge is 2.06. The molecule has 15 heavy (non-hydrogen) atoms. The number of aromatic nitrogens is 1. The van der Waals surface area contributed by atoms with Crippen LogP contribution < -0.4 is 10.6 Å². The Bertz CT molecular complexity index is 599. The summed E-state index contributed by atoms with van der Waals surface area (Å²) in [5.41, 5.74) is 0.943. The van der Waals surface area contributed by atoms with Gasteiger partial charge in [-0.2, -0.15) is 5.10 Å². The van der Waals surface area contributed by atoms with E-state index in [9.17, 15) is 4.21 Å². The van der Waals surface area contributed by atoms with Crippen molar-refractivity contribution in [1.29, 1.82) is 0 Å². The van der Waals surface area contributed by atoms with E-state index in [-0.39, 0.29) is 0 Å². The third kappa shape index (κ3) is 1.69. The SMILES string of the molecule is Cn1c(=NN)sc2cc(S(=O)O)ccc21. The fourth-order valence-corrected chi connectivity index (χ4v) is 2.80.